The molecule has 0 fully saturated rings. The van der Waals surface area contributed by atoms with E-state index in [1.807, 2.05) is 6.07 Å². The van der Waals surface area contributed by atoms with Gasteiger partial charge in [0.05, 0.1) is 4.47 Å². The van der Waals surface area contributed by atoms with Crippen LogP contribution < -0.4 is 4.74 Å². The molecular weight excluding hydrogens is 248 g/mol. The molecule has 0 saturated carbocycles. The lowest BCUT2D eigenvalue weighted by molar-refractivity contribution is 0.646. The van der Waals surface area contributed by atoms with Gasteiger partial charge in [0, 0.05) is 10.5 Å². The van der Waals surface area contributed by atoms with Gasteiger partial charge in [0.25, 0.3) is 0 Å². The number of hydrogen-bond donors (Lipinski definition) is 0. The van der Waals surface area contributed by atoms with Crippen LogP contribution in [0.1, 0.15) is 0 Å². The summed E-state index contributed by atoms with van der Waals surface area (Å²) in [7, 11) is 0. The zero-order valence-electron chi connectivity index (χ0n) is 4.24. The highest BCUT2D eigenvalue weighted by atomic mass is 79.9. The molecule has 0 aliphatic carbocycles. The average Bonchev–Trinajstić information content (AvgIpc) is 2.58. The van der Waals surface area contributed by atoms with Gasteiger partial charge in [-0.25, -0.2) is 0 Å². The fraction of sp³-hybridized carbons (Fsp3) is 0. The van der Waals surface area contributed by atoms with E-state index in [9.17, 15) is 0 Å². The van der Waals surface area contributed by atoms with Crippen molar-refractivity contribution in [3.8, 4) is 11.5 Å². The summed E-state index contributed by atoms with van der Waals surface area (Å²) in [6.07, 6.45) is 0. The molecule has 0 spiro atoms. The number of hydrogen-bond acceptors (Lipinski definition) is 1. The molecule has 0 unspecified atom stereocenters. The van der Waals surface area contributed by atoms with E-state index in [4.69, 9.17) is 4.74 Å². The average molecular weight is 249 g/mol. The first kappa shape index (κ1) is 5.74. The Morgan fingerprint density at radius 3 is 2.89 bits per heavy atom. The summed E-state index contributed by atoms with van der Waals surface area (Å²) in [5.41, 5.74) is 0. The van der Waals surface area contributed by atoms with Gasteiger partial charge in [-0.3, -0.25) is 0 Å². The third-order valence-corrected chi connectivity index (χ3v) is 3.05. The Kier molecular flexibility index (Phi) is 1.11. The zero-order chi connectivity index (χ0) is 6.43. The minimum atomic E-state index is 0.852. The minimum Gasteiger partial charge on any atom is -0.448 e. The van der Waals surface area contributed by atoms with E-state index >= 15 is 0 Å². The van der Waals surface area contributed by atoms with Gasteiger partial charge in [0.1, 0.15) is 0 Å². The molecule has 45 valence electrons. The second-order valence-corrected chi connectivity index (χ2v) is 3.36. The van der Waals surface area contributed by atoms with Crippen molar-refractivity contribution in [2.45, 2.75) is 0 Å². The lowest BCUT2D eigenvalue weighted by atomic mass is 10.4. The molecular formula is C6HBr2O. The Morgan fingerprint density at radius 2 is 2.22 bits per heavy atom. The maximum atomic E-state index is 5.02. The number of ether oxygens (including phenoxy) is 1. The fourth-order valence-corrected chi connectivity index (χ4v) is 1.29. The topological polar surface area (TPSA) is 12.5 Å². The Hall–Kier alpha value is -0.0200. The van der Waals surface area contributed by atoms with Gasteiger partial charge >= 0.3 is 0 Å². The monoisotopic (exact) mass is 247 g/mol. The zero-order valence-corrected chi connectivity index (χ0v) is 7.41. The molecule has 0 bridgehead atoms. The largest absolute Gasteiger partial charge is 0.448 e. The molecule has 1 radical (unpaired) electrons. The smallest absolute Gasteiger partial charge is 0.186 e. The third kappa shape index (κ3) is 0.792. The Bertz CT molecular complexity index is 266. The van der Waals surface area contributed by atoms with Gasteiger partial charge in [0.15, 0.2) is 11.5 Å². The van der Waals surface area contributed by atoms with Crippen molar-refractivity contribution in [3.63, 3.8) is 0 Å². The Balaban J connectivity index is 2.70. The van der Waals surface area contributed by atoms with Crippen LogP contribution in [0.4, 0.5) is 0 Å². The quantitative estimate of drug-likeness (QED) is 0.653. The summed E-state index contributed by atoms with van der Waals surface area (Å²) < 4.78 is 6.98. The summed E-state index contributed by atoms with van der Waals surface area (Å²) in [6.45, 7) is 0. The minimum absolute atomic E-state index is 0.852. The van der Waals surface area contributed by atoms with E-state index in [-0.39, 0.29) is 0 Å². The molecule has 1 nitrogen and oxygen atoms in total. The summed E-state index contributed by atoms with van der Waals surface area (Å²) in [5, 5.41) is 0. The van der Waals surface area contributed by atoms with Crippen LogP contribution in [0.2, 0.25) is 0 Å². The molecule has 2 rings (SSSR count). The van der Waals surface area contributed by atoms with E-state index in [0.717, 1.165) is 20.4 Å². The van der Waals surface area contributed by atoms with Crippen LogP contribution in [0, 0.1) is 6.07 Å². The van der Waals surface area contributed by atoms with E-state index in [1.54, 1.807) is 0 Å². The molecule has 9 heavy (non-hydrogen) atoms. The van der Waals surface area contributed by atoms with Gasteiger partial charge in [-0.1, -0.05) is 0 Å². The summed E-state index contributed by atoms with van der Waals surface area (Å²) in [4.78, 5) is 0. The molecule has 0 atom stereocenters. The van der Waals surface area contributed by atoms with E-state index in [0.29, 0.717) is 0 Å². The summed E-state index contributed by atoms with van der Waals surface area (Å²) in [6, 6.07) is 4.76. The summed E-state index contributed by atoms with van der Waals surface area (Å²) in [5.74, 6) is 1.76. The first-order valence-electron chi connectivity index (χ1n) is 2.36. The van der Waals surface area contributed by atoms with Crippen molar-refractivity contribution >= 4 is 31.9 Å². The number of fused-ring (bicyclic) bond motifs is 1. The number of benzene rings is 1. The fourth-order valence-electron chi connectivity index (χ4n) is 0.617. The van der Waals surface area contributed by atoms with Crippen LogP contribution >= 0.6 is 31.9 Å². The highest BCUT2D eigenvalue weighted by Crippen LogP contribution is 2.52. The van der Waals surface area contributed by atoms with Crippen LogP contribution in [-0.2, 0) is 0 Å². The third-order valence-electron chi connectivity index (χ3n) is 1.11. The standard InChI is InChI=1S/C6HBr2O/c7-3-1-2-4-6(9-4)5(3)8/h1H. The molecule has 0 aromatic heterocycles. The van der Waals surface area contributed by atoms with Crippen molar-refractivity contribution in [3.05, 3.63) is 21.1 Å². The molecule has 0 saturated heterocycles. The predicted molar refractivity (Wildman–Crippen MR) is 40.8 cm³/mol. The molecule has 3 heteroatoms. The molecule has 1 aliphatic rings. The van der Waals surface area contributed by atoms with Gasteiger partial charge in [-0.15, -0.1) is 0 Å². The van der Waals surface area contributed by atoms with E-state index in [1.165, 1.54) is 0 Å². The van der Waals surface area contributed by atoms with Crippen LogP contribution in [-0.4, -0.2) is 0 Å². The SMILES string of the molecule is Brc1c[c]c2c(c1Br)O2. The molecule has 1 aliphatic heterocycles. The van der Waals surface area contributed by atoms with Crippen molar-refractivity contribution in [1.29, 1.82) is 0 Å². The van der Waals surface area contributed by atoms with Crippen LogP contribution in [0.25, 0.3) is 0 Å². The lowest BCUT2D eigenvalue weighted by Crippen LogP contribution is -1.58. The first-order valence-corrected chi connectivity index (χ1v) is 3.95. The van der Waals surface area contributed by atoms with Gasteiger partial charge in [-0.2, -0.15) is 0 Å². The molecule has 0 amide bonds. The van der Waals surface area contributed by atoms with Gasteiger partial charge in [-0.05, 0) is 37.9 Å². The van der Waals surface area contributed by atoms with Gasteiger partial charge in [0.2, 0.25) is 0 Å². The van der Waals surface area contributed by atoms with Crippen LogP contribution in [0.3, 0.4) is 0 Å². The molecule has 1 aromatic carbocycles. The van der Waals surface area contributed by atoms with Crippen molar-refractivity contribution in [1.82, 2.24) is 0 Å². The van der Waals surface area contributed by atoms with E-state index in [2.05, 4.69) is 37.9 Å². The van der Waals surface area contributed by atoms with Crippen molar-refractivity contribution in [2.75, 3.05) is 0 Å². The molecule has 0 N–H and O–H groups in total. The Labute approximate surface area is 69.3 Å². The van der Waals surface area contributed by atoms with Gasteiger partial charge < -0.3 is 4.74 Å². The second kappa shape index (κ2) is 1.73. The first-order chi connectivity index (χ1) is 4.29. The van der Waals surface area contributed by atoms with Crippen molar-refractivity contribution in [2.24, 2.45) is 0 Å². The normalized spacial score (nSPS) is 12.2. The molecule has 1 aromatic rings. The number of rotatable bonds is 0. The summed E-state index contributed by atoms with van der Waals surface area (Å²) >= 11 is 6.66. The molecule has 1 heterocycles. The maximum Gasteiger partial charge on any atom is 0.186 e. The van der Waals surface area contributed by atoms with Crippen molar-refractivity contribution < 1.29 is 4.74 Å². The number of halogens is 2. The second-order valence-electron chi connectivity index (χ2n) is 1.71. The van der Waals surface area contributed by atoms with E-state index < -0.39 is 0 Å². The highest BCUT2D eigenvalue weighted by Gasteiger charge is 2.24. The Morgan fingerprint density at radius 1 is 1.44 bits per heavy atom. The maximum absolute atomic E-state index is 5.02. The van der Waals surface area contributed by atoms with Crippen LogP contribution in [0.5, 0.6) is 11.5 Å². The highest BCUT2D eigenvalue weighted by molar-refractivity contribution is 9.13. The van der Waals surface area contributed by atoms with Crippen LogP contribution in [0.15, 0.2) is 15.0 Å². The lowest BCUT2D eigenvalue weighted by Gasteiger charge is -1.84. The predicted octanol–water partition coefficient (Wildman–Crippen LogP) is 3.12.